The van der Waals surface area contributed by atoms with E-state index in [-0.39, 0.29) is 16.6 Å². The number of hydrogen-bond acceptors (Lipinski definition) is 4. The van der Waals surface area contributed by atoms with Crippen LogP contribution in [0.4, 0.5) is 0 Å². The molecule has 0 atom stereocenters. The van der Waals surface area contributed by atoms with E-state index in [0.29, 0.717) is 26.0 Å². The molecule has 0 N–H and O–H groups in total. The number of rotatable bonds is 4. The van der Waals surface area contributed by atoms with Crippen molar-refractivity contribution in [2.75, 3.05) is 5.75 Å². The number of fused-ring (bicyclic) bond motifs is 1. The van der Waals surface area contributed by atoms with Crippen LogP contribution in [0.3, 0.4) is 0 Å². The maximum absolute atomic E-state index is 12.7. The van der Waals surface area contributed by atoms with Crippen LogP contribution in [-0.2, 0) is 10.0 Å². The highest BCUT2D eigenvalue weighted by molar-refractivity contribution is 7.90. The molecule has 0 aliphatic carbocycles. The molecule has 3 aromatic rings. The van der Waals surface area contributed by atoms with Crippen molar-refractivity contribution in [3.63, 3.8) is 0 Å². The van der Waals surface area contributed by atoms with Crippen LogP contribution >= 0.6 is 34.5 Å². The van der Waals surface area contributed by atoms with Gasteiger partial charge in [-0.05, 0) is 38.1 Å². The highest BCUT2D eigenvalue weighted by Crippen LogP contribution is 2.34. The van der Waals surface area contributed by atoms with E-state index in [1.165, 1.54) is 3.97 Å². The lowest BCUT2D eigenvalue weighted by Crippen LogP contribution is -2.15. The molecule has 0 spiro atoms. The fraction of sp³-hybridized carbons (Fsp3) is 0.188. The molecule has 0 fully saturated rings. The van der Waals surface area contributed by atoms with Crippen molar-refractivity contribution in [3.05, 3.63) is 56.5 Å². The van der Waals surface area contributed by atoms with E-state index in [4.69, 9.17) is 23.2 Å². The number of hydrogen-bond donors (Lipinski definition) is 0. The second-order valence-electron chi connectivity index (χ2n) is 5.25. The van der Waals surface area contributed by atoms with Crippen LogP contribution in [0.2, 0.25) is 10.0 Å². The predicted molar refractivity (Wildman–Crippen MR) is 99.3 cm³/mol. The second kappa shape index (κ2) is 6.19. The van der Waals surface area contributed by atoms with Crippen LogP contribution in [0.1, 0.15) is 27.9 Å². The molecule has 1 aromatic carbocycles. The number of halogens is 2. The average Bonchev–Trinajstić information content (AvgIpc) is 3.05. The fourth-order valence-electron chi connectivity index (χ4n) is 2.50. The Morgan fingerprint density at radius 2 is 1.96 bits per heavy atom. The Bertz CT molecular complexity index is 1060. The maximum Gasteiger partial charge on any atom is 0.239 e. The number of ketones is 1. The van der Waals surface area contributed by atoms with Crippen molar-refractivity contribution in [1.82, 2.24) is 3.97 Å². The van der Waals surface area contributed by atoms with Gasteiger partial charge in [-0.2, -0.15) is 0 Å². The molecule has 0 saturated heterocycles. The lowest BCUT2D eigenvalue weighted by atomic mass is 10.1. The van der Waals surface area contributed by atoms with Gasteiger partial charge in [0.1, 0.15) is 4.83 Å². The van der Waals surface area contributed by atoms with Crippen LogP contribution in [-0.4, -0.2) is 23.9 Å². The molecule has 126 valence electrons. The van der Waals surface area contributed by atoms with Crippen molar-refractivity contribution < 1.29 is 13.2 Å². The highest BCUT2D eigenvalue weighted by Gasteiger charge is 2.22. The van der Waals surface area contributed by atoms with Crippen molar-refractivity contribution in [2.24, 2.45) is 0 Å². The van der Waals surface area contributed by atoms with Gasteiger partial charge in [0.15, 0.2) is 0 Å². The van der Waals surface area contributed by atoms with Gasteiger partial charge >= 0.3 is 0 Å². The summed E-state index contributed by atoms with van der Waals surface area (Å²) in [5.74, 6) is -0.291. The molecule has 3 rings (SSSR count). The zero-order valence-corrected chi connectivity index (χ0v) is 16.0. The minimum Gasteiger partial charge on any atom is -0.288 e. The molecule has 0 amide bonds. The maximum atomic E-state index is 12.7. The van der Waals surface area contributed by atoms with Gasteiger partial charge in [0, 0.05) is 16.6 Å². The Labute approximate surface area is 153 Å². The summed E-state index contributed by atoms with van der Waals surface area (Å²) in [7, 11) is -3.44. The zero-order valence-electron chi connectivity index (χ0n) is 12.8. The minimum atomic E-state index is -3.44. The van der Waals surface area contributed by atoms with Crippen LogP contribution < -0.4 is 0 Å². The third kappa shape index (κ3) is 2.77. The molecular formula is C16H13Cl2NO3S2. The quantitative estimate of drug-likeness (QED) is 0.592. The van der Waals surface area contributed by atoms with Crippen molar-refractivity contribution in [3.8, 4) is 0 Å². The van der Waals surface area contributed by atoms with Crippen LogP contribution in [0.25, 0.3) is 10.2 Å². The number of thiophene rings is 1. The van der Waals surface area contributed by atoms with E-state index in [1.807, 2.05) is 0 Å². The Hall–Kier alpha value is -1.34. The normalized spacial score (nSPS) is 12.0. The third-order valence-electron chi connectivity index (χ3n) is 3.67. The molecule has 24 heavy (non-hydrogen) atoms. The van der Waals surface area contributed by atoms with E-state index in [2.05, 4.69) is 0 Å². The molecule has 8 heteroatoms. The average molecular weight is 402 g/mol. The molecule has 2 aromatic heterocycles. The summed E-state index contributed by atoms with van der Waals surface area (Å²) in [6.45, 7) is 3.32. The van der Waals surface area contributed by atoms with Gasteiger partial charge in [0.25, 0.3) is 0 Å². The molecule has 0 bridgehead atoms. The van der Waals surface area contributed by atoms with Crippen molar-refractivity contribution >= 4 is 60.6 Å². The topological polar surface area (TPSA) is 56.1 Å². The van der Waals surface area contributed by atoms with Gasteiger partial charge in [0.05, 0.1) is 20.7 Å². The number of carbonyl (C=O) groups excluding carboxylic acids is 1. The smallest absolute Gasteiger partial charge is 0.239 e. The summed E-state index contributed by atoms with van der Waals surface area (Å²) in [6.07, 6.45) is 0. The first-order valence-electron chi connectivity index (χ1n) is 7.10. The summed E-state index contributed by atoms with van der Waals surface area (Å²) < 4.78 is 25.9. The van der Waals surface area contributed by atoms with Gasteiger partial charge in [-0.3, -0.25) is 4.79 Å². The standard InChI is InChI=1S/C16H13Cl2NO3S2/c1-3-24(21,22)19-9(2)7-10-8-13(23-16(10)19)15(20)11-5-4-6-12(17)14(11)18/h4-8H,3H2,1-2H3. The molecule has 2 heterocycles. The van der Waals surface area contributed by atoms with Gasteiger partial charge in [-0.1, -0.05) is 29.3 Å². The lowest BCUT2D eigenvalue weighted by molar-refractivity contribution is 0.104. The summed E-state index contributed by atoms with van der Waals surface area (Å²) in [6, 6.07) is 8.31. The van der Waals surface area contributed by atoms with E-state index in [0.717, 1.165) is 16.7 Å². The van der Waals surface area contributed by atoms with Gasteiger partial charge in [-0.25, -0.2) is 12.4 Å². The summed E-state index contributed by atoms with van der Waals surface area (Å²) in [4.78, 5) is 13.7. The van der Waals surface area contributed by atoms with Crippen LogP contribution in [0.5, 0.6) is 0 Å². The largest absolute Gasteiger partial charge is 0.288 e. The molecule has 0 aliphatic rings. The van der Waals surface area contributed by atoms with Crippen LogP contribution in [0.15, 0.2) is 30.3 Å². The molecule has 0 unspecified atom stereocenters. The zero-order chi connectivity index (χ0) is 17.6. The first-order chi connectivity index (χ1) is 11.3. The summed E-state index contributed by atoms with van der Waals surface area (Å²) >= 11 is 13.2. The Kier molecular flexibility index (Phi) is 4.51. The van der Waals surface area contributed by atoms with Crippen molar-refractivity contribution in [2.45, 2.75) is 13.8 Å². The molecule has 0 radical (unpaired) electrons. The SMILES string of the molecule is CCS(=O)(=O)n1c(C)cc2cc(C(=O)c3cccc(Cl)c3Cl)sc21. The van der Waals surface area contributed by atoms with Crippen molar-refractivity contribution in [1.29, 1.82) is 0 Å². The molecule has 0 aliphatic heterocycles. The number of carbonyl (C=O) groups is 1. The minimum absolute atomic E-state index is 0.0150. The molecular weight excluding hydrogens is 389 g/mol. The Morgan fingerprint density at radius 3 is 2.62 bits per heavy atom. The Morgan fingerprint density at radius 1 is 1.25 bits per heavy atom. The fourth-order valence-corrected chi connectivity index (χ4v) is 5.51. The first kappa shape index (κ1) is 17.5. The van der Waals surface area contributed by atoms with Crippen LogP contribution in [0, 0.1) is 6.92 Å². The number of aryl methyl sites for hydroxylation is 1. The summed E-state index contributed by atoms with van der Waals surface area (Å²) in [5, 5.41) is 1.22. The van der Waals surface area contributed by atoms with E-state index >= 15 is 0 Å². The van der Waals surface area contributed by atoms with Gasteiger partial charge in [-0.15, -0.1) is 11.3 Å². The first-order valence-corrected chi connectivity index (χ1v) is 10.3. The van der Waals surface area contributed by atoms with Gasteiger partial charge < -0.3 is 0 Å². The Balaban J connectivity index is 2.16. The summed E-state index contributed by atoms with van der Waals surface area (Å²) in [5.41, 5.74) is 0.924. The molecule has 4 nitrogen and oxygen atoms in total. The third-order valence-corrected chi connectivity index (χ3v) is 7.50. The predicted octanol–water partition coefficient (Wildman–Crippen LogP) is 4.75. The number of aromatic nitrogens is 1. The monoisotopic (exact) mass is 401 g/mol. The number of benzene rings is 1. The second-order valence-corrected chi connectivity index (χ2v) is 9.17. The van der Waals surface area contributed by atoms with E-state index in [9.17, 15) is 13.2 Å². The highest BCUT2D eigenvalue weighted by atomic mass is 35.5. The van der Waals surface area contributed by atoms with Gasteiger partial charge in [0.2, 0.25) is 15.8 Å². The number of nitrogens with zero attached hydrogens (tertiary/aromatic N) is 1. The van der Waals surface area contributed by atoms with E-state index < -0.39 is 10.0 Å². The molecule has 0 saturated carbocycles. The lowest BCUT2D eigenvalue weighted by Gasteiger charge is -2.06. The van der Waals surface area contributed by atoms with E-state index in [1.54, 1.807) is 44.2 Å².